The van der Waals surface area contributed by atoms with E-state index in [0.29, 0.717) is 12.8 Å². The molecule has 16 heavy (non-hydrogen) atoms. The van der Waals surface area contributed by atoms with Gasteiger partial charge >= 0.3 is 5.97 Å². The van der Waals surface area contributed by atoms with Crippen molar-refractivity contribution in [1.82, 2.24) is 15.1 Å². The lowest BCUT2D eigenvalue weighted by Gasteiger charge is -2.13. The van der Waals surface area contributed by atoms with Gasteiger partial charge in [0.2, 0.25) is 6.41 Å². The average Bonchev–Trinajstić information content (AvgIpc) is 2.58. The van der Waals surface area contributed by atoms with Crippen molar-refractivity contribution in [2.45, 2.75) is 25.8 Å². The Labute approximate surface area is 93.3 Å². The molecule has 0 spiro atoms. The van der Waals surface area contributed by atoms with Crippen LogP contribution in [0.15, 0.2) is 6.20 Å². The van der Waals surface area contributed by atoms with Crippen LogP contribution in [0.5, 0.6) is 0 Å². The fourth-order valence-electron chi connectivity index (χ4n) is 1.63. The molecular weight excluding hydrogens is 210 g/mol. The zero-order valence-corrected chi connectivity index (χ0v) is 9.30. The number of carbonyl (C=O) groups excluding carboxylic acids is 1. The van der Waals surface area contributed by atoms with Crippen LogP contribution < -0.4 is 5.32 Å². The number of amides is 1. The Hall–Kier alpha value is -1.85. The molecule has 0 aliphatic heterocycles. The van der Waals surface area contributed by atoms with E-state index in [1.807, 2.05) is 6.92 Å². The van der Waals surface area contributed by atoms with E-state index in [2.05, 4.69) is 10.4 Å². The summed E-state index contributed by atoms with van der Waals surface area (Å²) in [6.07, 6.45) is 2.81. The number of aromatic nitrogens is 2. The summed E-state index contributed by atoms with van der Waals surface area (Å²) >= 11 is 0. The van der Waals surface area contributed by atoms with Crippen LogP contribution in [0, 0.1) is 0 Å². The van der Waals surface area contributed by atoms with E-state index in [-0.39, 0.29) is 6.42 Å². The molecular formula is C10H15N3O3. The fourth-order valence-corrected chi connectivity index (χ4v) is 1.63. The maximum Gasteiger partial charge on any atom is 0.305 e. The zero-order valence-electron chi connectivity index (χ0n) is 9.30. The van der Waals surface area contributed by atoms with Crippen molar-refractivity contribution in [2.75, 3.05) is 0 Å². The molecule has 0 fully saturated rings. The number of hydrogen-bond acceptors (Lipinski definition) is 3. The van der Waals surface area contributed by atoms with Crippen molar-refractivity contribution in [3.63, 3.8) is 0 Å². The summed E-state index contributed by atoms with van der Waals surface area (Å²) in [5.41, 5.74) is 1.57. The van der Waals surface area contributed by atoms with Gasteiger partial charge in [-0.15, -0.1) is 0 Å². The van der Waals surface area contributed by atoms with Gasteiger partial charge in [-0.3, -0.25) is 14.3 Å². The Bertz CT molecular complexity index is 387. The number of nitrogens with one attached hydrogen (secondary N) is 1. The second-order valence-electron chi connectivity index (χ2n) is 3.49. The molecule has 0 bridgehead atoms. The Kier molecular flexibility index (Phi) is 4.04. The van der Waals surface area contributed by atoms with E-state index in [1.54, 1.807) is 17.9 Å². The van der Waals surface area contributed by atoms with Crippen LogP contribution in [0.2, 0.25) is 0 Å². The third-order valence-corrected chi connectivity index (χ3v) is 2.30. The van der Waals surface area contributed by atoms with Crippen molar-refractivity contribution in [2.24, 2.45) is 7.05 Å². The first-order valence-corrected chi connectivity index (χ1v) is 5.02. The van der Waals surface area contributed by atoms with Crippen LogP contribution in [0.3, 0.4) is 0 Å². The molecule has 0 saturated heterocycles. The minimum atomic E-state index is -0.953. The highest BCUT2D eigenvalue weighted by Gasteiger charge is 2.19. The van der Waals surface area contributed by atoms with Gasteiger partial charge in [-0.2, -0.15) is 5.10 Å². The molecule has 6 nitrogen and oxygen atoms in total. The summed E-state index contributed by atoms with van der Waals surface area (Å²) in [6.45, 7) is 1.94. The summed E-state index contributed by atoms with van der Waals surface area (Å²) in [4.78, 5) is 21.1. The van der Waals surface area contributed by atoms with E-state index in [9.17, 15) is 9.59 Å². The zero-order chi connectivity index (χ0) is 12.1. The Morgan fingerprint density at radius 1 is 1.75 bits per heavy atom. The number of aryl methyl sites for hydroxylation is 2. The Morgan fingerprint density at radius 2 is 2.44 bits per heavy atom. The van der Waals surface area contributed by atoms with Gasteiger partial charge in [-0.1, -0.05) is 6.92 Å². The highest BCUT2D eigenvalue weighted by atomic mass is 16.4. The molecule has 1 aromatic heterocycles. The monoisotopic (exact) mass is 225 g/mol. The standard InChI is InChI=1S/C10H15N3O3/c1-3-8-7(5-13(2)12-8)9(11-6-14)4-10(15)16/h5-6,9H,3-4H2,1-2H3,(H,11,14)(H,15,16)/t9-/m0/s1. The lowest BCUT2D eigenvalue weighted by molar-refractivity contribution is -0.137. The number of hydrogen-bond donors (Lipinski definition) is 2. The van der Waals surface area contributed by atoms with Gasteiger partial charge in [0.15, 0.2) is 0 Å². The average molecular weight is 225 g/mol. The lowest BCUT2D eigenvalue weighted by atomic mass is 10.0. The van der Waals surface area contributed by atoms with Crippen molar-refractivity contribution in [3.8, 4) is 0 Å². The summed E-state index contributed by atoms with van der Waals surface area (Å²) < 4.78 is 1.62. The summed E-state index contributed by atoms with van der Waals surface area (Å²) in [7, 11) is 1.77. The predicted octanol–water partition coefficient (Wildman–Crippen LogP) is 0.244. The number of carbonyl (C=O) groups is 2. The van der Waals surface area contributed by atoms with E-state index < -0.39 is 12.0 Å². The first kappa shape index (κ1) is 12.2. The van der Waals surface area contributed by atoms with Crippen LogP contribution in [-0.2, 0) is 23.1 Å². The first-order valence-electron chi connectivity index (χ1n) is 5.02. The van der Waals surface area contributed by atoms with Crippen molar-refractivity contribution in [1.29, 1.82) is 0 Å². The summed E-state index contributed by atoms with van der Waals surface area (Å²) in [5.74, 6) is -0.953. The quantitative estimate of drug-likeness (QED) is 0.679. The van der Waals surface area contributed by atoms with Gasteiger partial charge in [0, 0.05) is 18.8 Å². The molecule has 6 heteroatoms. The fraction of sp³-hybridized carbons (Fsp3) is 0.500. The topological polar surface area (TPSA) is 84.2 Å². The van der Waals surface area contributed by atoms with E-state index >= 15 is 0 Å². The van der Waals surface area contributed by atoms with Gasteiger partial charge in [0.05, 0.1) is 18.2 Å². The van der Waals surface area contributed by atoms with Crippen LogP contribution in [0.4, 0.5) is 0 Å². The Balaban J connectivity index is 2.98. The maximum atomic E-state index is 10.7. The third kappa shape index (κ3) is 2.82. The van der Waals surface area contributed by atoms with Gasteiger partial charge in [0.25, 0.3) is 0 Å². The number of rotatable bonds is 6. The summed E-state index contributed by atoms with van der Waals surface area (Å²) in [6, 6.07) is -0.515. The molecule has 1 amide bonds. The van der Waals surface area contributed by atoms with E-state index in [1.165, 1.54) is 0 Å². The van der Waals surface area contributed by atoms with Crippen LogP contribution in [0.25, 0.3) is 0 Å². The highest BCUT2D eigenvalue weighted by Crippen LogP contribution is 2.20. The molecule has 0 saturated carbocycles. The van der Waals surface area contributed by atoms with Crippen LogP contribution in [-0.4, -0.2) is 27.3 Å². The Morgan fingerprint density at radius 3 is 2.94 bits per heavy atom. The van der Waals surface area contributed by atoms with Crippen LogP contribution in [0.1, 0.15) is 30.6 Å². The normalized spacial score (nSPS) is 12.1. The molecule has 0 radical (unpaired) electrons. The van der Waals surface area contributed by atoms with Crippen LogP contribution >= 0.6 is 0 Å². The van der Waals surface area contributed by atoms with Crippen molar-refractivity contribution in [3.05, 3.63) is 17.5 Å². The SMILES string of the molecule is CCc1nn(C)cc1[C@H](CC(=O)O)NC=O. The third-order valence-electron chi connectivity index (χ3n) is 2.30. The molecule has 1 heterocycles. The minimum Gasteiger partial charge on any atom is -0.481 e. The van der Waals surface area contributed by atoms with Gasteiger partial charge in [-0.05, 0) is 6.42 Å². The predicted molar refractivity (Wildman–Crippen MR) is 56.8 cm³/mol. The second-order valence-corrected chi connectivity index (χ2v) is 3.49. The smallest absolute Gasteiger partial charge is 0.305 e. The molecule has 0 aromatic carbocycles. The number of nitrogens with zero attached hydrogens (tertiary/aromatic N) is 2. The van der Waals surface area contributed by atoms with E-state index in [4.69, 9.17) is 5.11 Å². The lowest BCUT2D eigenvalue weighted by Crippen LogP contribution is -2.23. The number of carboxylic acid groups (broad SMARTS) is 1. The minimum absolute atomic E-state index is 0.141. The molecule has 1 atom stereocenters. The summed E-state index contributed by atoms with van der Waals surface area (Å²) in [5, 5.41) is 15.5. The molecule has 0 aliphatic carbocycles. The molecule has 88 valence electrons. The molecule has 1 aromatic rings. The molecule has 2 N–H and O–H groups in total. The van der Waals surface area contributed by atoms with E-state index in [0.717, 1.165) is 11.3 Å². The van der Waals surface area contributed by atoms with Gasteiger partial charge in [-0.25, -0.2) is 0 Å². The largest absolute Gasteiger partial charge is 0.481 e. The molecule has 1 rings (SSSR count). The molecule has 0 unspecified atom stereocenters. The maximum absolute atomic E-state index is 10.7. The number of aliphatic carboxylic acids is 1. The van der Waals surface area contributed by atoms with Crippen molar-refractivity contribution >= 4 is 12.4 Å². The highest BCUT2D eigenvalue weighted by molar-refractivity contribution is 5.68. The van der Waals surface area contributed by atoms with Gasteiger partial charge in [0.1, 0.15) is 0 Å². The second kappa shape index (κ2) is 5.29. The van der Waals surface area contributed by atoms with Gasteiger partial charge < -0.3 is 10.4 Å². The first-order chi connectivity index (χ1) is 7.58. The number of carboxylic acids is 1. The van der Waals surface area contributed by atoms with Crippen molar-refractivity contribution < 1.29 is 14.7 Å². The molecule has 0 aliphatic rings.